The summed E-state index contributed by atoms with van der Waals surface area (Å²) in [5.74, 6) is -1.48. The van der Waals surface area contributed by atoms with E-state index in [0.717, 1.165) is 32.4 Å². The molecule has 1 aliphatic heterocycles. The average Bonchev–Trinajstić information content (AvgIpc) is 2.75. The SMILES string of the molecule is CC(C(=O)c1ccc(Cl)cc1)/C(=N\Nc1ccc(Cl)cc1Cl)C(=O)NN1CCCCC1. The summed E-state index contributed by atoms with van der Waals surface area (Å²) in [7, 11) is 0. The van der Waals surface area contributed by atoms with Crippen LogP contribution in [0.25, 0.3) is 0 Å². The lowest BCUT2D eigenvalue weighted by molar-refractivity contribution is -0.120. The van der Waals surface area contributed by atoms with Gasteiger partial charge in [-0.15, -0.1) is 0 Å². The van der Waals surface area contributed by atoms with E-state index in [1.165, 1.54) is 0 Å². The van der Waals surface area contributed by atoms with E-state index in [0.29, 0.717) is 26.3 Å². The fourth-order valence-corrected chi connectivity index (χ4v) is 3.82. The number of carbonyl (C=O) groups is 2. The third-order valence-corrected chi connectivity index (χ3v) is 5.81. The minimum absolute atomic E-state index is 0.0524. The lowest BCUT2D eigenvalue weighted by Gasteiger charge is -2.27. The standard InChI is InChI=1S/C22H23Cl3N4O2/c1-14(21(30)15-5-7-16(23)8-6-15)20(22(31)28-29-11-3-2-4-12-29)27-26-19-10-9-17(24)13-18(19)25/h5-10,13-14,26H,2-4,11-12H2,1H3,(H,28,31)/b27-20+. The summed E-state index contributed by atoms with van der Waals surface area (Å²) in [5.41, 5.74) is 6.64. The Kier molecular flexibility index (Phi) is 8.32. The zero-order valence-corrected chi connectivity index (χ0v) is 19.3. The molecule has 0 radical (unpaired) electrons. The second kappa shape index (κ2) is 11.0. The maximum atomic E-state index is 13.1. The van der Waals surface area contributed by atoms with Crippen molar-refractivity contribution in [3.8, 4) is 0 Å². The smallest absolute Gasteiger partial charge is 0.282 e. The number of Topliss-reactive ketones (excluding diaryl/α,β-unsaturated/α-hetero) is 1. The molecule has 3 rings (SSSR count). The number of hydrogen-bond acceptors (Lipinski definition) is 5. The van der Waals surface area contributed by atoms with Gasteiger partial charge in [-0.2, -0.15) is 5.10 Å². The number of rotatable bonds is 7. The van der Waals surface area contributed by atoms with Crippen LogP contribution in [0, 0.1) is 5.92 Å². The predicted molar refractivity (Wildman–Crippen MR) is 126 cm³/mol. The van der Waals surface area contributed by atoms with E-state index in [-0.39, 0.29) is 11.5 Å². The zero-order valence-electron chi connectivity index (χ0n) is 17.0. The normalized spacial score (nSPS) is 15.9. The van der Waals surface area contributed by atoms with Gasteiger partial charge in [-0.05, 0) is 62.2 Å². The quantitative estimate of drug-likeness (QED) is 0.313. The molecule has 1 heterocycles. The molecule has 164 valence electrons. The first-order valence-electron chi connectivity index (χ1n) is 9.99. The van der Waals surface area contributed by atoms with E-state index in [9.17, 15) is 9.59 Å². The fraction of sp³-hybridized carbons (Fsp3) is 0.318. The number of hydrazine groups is 1. The summed E-state index contributed by atoms with van der Waals surface area (Å²) >= 11 is 18.1. The van der Waals surface area contributed by atoms with Crippen LogP contribution in [-0.4, -0.2) is 35.5 Å². The van der Waals surface area contributed by atoms with Gasteiger partial charge >= 0.3 is 0 Å². The number of nitrogens with one attached hydrogen (secondary N) is 2. The number of ketones is 1. The third-order valence-electron chi connectivity index (χ3n) is 5.01. The number of amides is 1. The predicted octanol–water partition coefficient (Wildman–Crippen LogP) is 5.45. The van der Waals surface area contributed by atoms with E-state index in [2.05, 4.69) is 16.0 Å². The molecule has 2 aromatic carbocycles. The fourth-order valence-electron chi connectivity index (χ4n) is 3.24. The monoisotopic (exact) mass is 480 g/mol. The molecule has 1 aliphatic rings. The van der Waals surface area contributed by atoms with Crippen molar-refractivity contribution in [2.75, 3.05) is 18.5 Å². The molecule has 1 unspecified atom stereocenters. The van der Waals surface area contributed by atoms with Gasteiger partial charge in [0.05, 0.1) is 16.6 Å². The Bertz CT molecular complexity index is 973. The van der Waals surface area contributed by atoms with Crippen LogP contribution in [0.3, 0.4) is 0 Å². The summed E-state index contributed by atoms with van der Waals surface area (Å²) in [6, 6.07) is 11.4. The number of halogens is 3. The first kappa shape index (κ1) is 23.5. The number of hydrazone groups is 1. The minimum Gasteiger partial charge on any atom is -0.293 e. The summed E-state index contributed by atoms with van der Waals surface area (Å²) in [4.78, 5) is 26.1. The topological polar surface area (TPSA) is 73.8 Å². The van der Waals surface area contributed by atoms with Gasteiger partial charge in [0.2, 0.25) is 0 Å². The first-order chi connectivity index (χ1) is 14.8. The molecule has 1 amide bonds. The molecule has 0 bridgehead atoms. The zero-order chi connectivity index (χ0) is 22.4. The van der Waals surface area contributed by atoms with E-state index in [1.54, 1.807) is 49.4 Å². The van der Waals surface area contributed by atoms with E-state index in [1.807, 2.05) is 5.01 Å². The molecule has 6 nitrogen and oxygen atoms in total. The molecule has 0 saturated carbocycles. The van der Waals surface area contributed by atoms with Gasteiger partial charge in [0.1, 0.15) is 5.71 Å². The van der Waals surface area contributed by atoms with E-state index < -0.39 is 11.8 Å². The number of benzene rings is 2. The Morgan fingerprint density at radius 2 is 1.61 bits per heavy atom. The highest BCUT2D eigenvalue weighted by molar-refractivity contribution is 6.44. The van der Waals surface area contributed by atoms with E-state index in [4.69, 9.17) is 34.8 Å². The molecule has 0 aromatic heterocycles. The molecular weight excluding hydrogens is 459 g/mol. The summed E-state index contributed by atoms with van der Waals surface area (Å²) in [6.07, 6.45) is 3.14. The van der Waals surface area contributed by atoms with Gasteiger partial charge in [0.15, 0.2) is 5.78 Å². The van der Waals surface area contributed by atoms with Crippen LogP contribution >= 0.6 is 34.8 Å². The number of hydrogen-bond donors (Lipinski definition) is 2. The highest BCUT2D eigenvalue weighted by atomic mass is 35.5. The molecule has 1 saturated heterocycles. The summed E-state index contributed by atoms with van der Waals surface area (Å²) in [6.45, 7) is 3.17. The number of nitrogens with zero attached hydrogens (tertiary/aromatic N) is 2. The van der Waals surface area contributed by atoms with Crippen molar-refractivity contribution in [1.82, 2.24) is 10.4 Å². The lowest BCUT2D eigenvalue weighted by Crippen LogP contribution is -2.49. The second-order valence-corrected chi connectivity index (χ2v) is 8.59. The Morgan fingerprint density at radius 1 is 0.968 bits per heavy atom. The lowest BCUT2D eigenvalue weighted by atomic mass is 9.94. The molecule has 9 heteroatoms. The van der Waals surface area contributed by atoms with Gasteiger partial charge in [0, 0.05) is 28.7 Å². The van der Waals surface area contributed by atoms with Crippen LogP contribution in [0.5, 0.6) is 0 Å². The van der Waals surface area contributed by atoms with Crippen molar-refractivity contribution in [3.63, 3.8) is 0 Å². The maximum absolute atomic E-state index is 13.1. The Hall–Kier alpha value is -2.12. The minimum atomic E-state index is -0.801. The Morgan fingerprint density at radius 3 is 2.26 bits per heavy atom. The maximum Gasteiger partial charge on any atom is 0.282 e. The van der Waals surface area contributed by atoms with Crippen molar-refractivity contribution in [2.24, 2.45) is 11.0 Å². The van der Waals surface area contributed by atoms with Crippen LogP contribution in [0.4, 0.5) is 5.69 Å². The Labute approximate surface area is 196 Å². The first-order valence-corrected chi connectivity index (χ1v) is 11.1. The summed E-state index contributed by atoms with van der Waals surface area (Å²) in [5, 5.41) is 7.48. The summed E-state index contributed by atoms with van der Waals surface area (Å²) < 4.78 is 0. The number of anilines is 1. The van der Waals surface area contributed by atoms with Gasteiger partial charge < -0.3 is 0 Å². The molecule has 0 aliphatic carbocycles. The van der Waals surface area contributed by atoms with Crippen LogP contribution in [-0.2, 0) is 4.79 Å². The molecule has 2 aromatic rings. The average molecular weight is 482 g/mol. The molecular formula is C22H23Cl3N4O2. The van der Waals surface area contributed by atoms with Gasteiger partial charge in [-0.3, -0.25) is 20.4 Å². The third kappa shape index (κ3) is 6.43. The molecule has 31 heavy (non-hydrogen) atoms. The molecule has 1 fully saturated rings. The Balaban J connectivity index is 1.85. The van der Waals surface area contributed by atoms with Gasteiger partial charge in [-0.25, -0.2) is 5.01 Å². The van der Waals surface area contributed by atoms with Crippen LogP contribution < -0.4 is 10.9 Å². The van der Waals surface area contributed by atoms with E-state index >= 15 is 0 Å². The van der Waals surface area contributed by atoms with Crippen molar-refractivity contribution >= 4 is 57.9 Å². The van der Waals surface area contributed by atoms with Crippen LogP contribution in [0.2, 0.25) is 15.1 Å². The van der Waals surface area contributed by atoms with Crippen molar-refractivity contribution < 1.29 is 9.59 Å². The number of carbonyl (C=O) groups excluding carboxylic acids is 2. The molecule has 0 spiro atoms. The highest BCUT2D eigenvalue weighted by Crippen LogP contribution is 2.25. The highest BCUT2D eigenvalue weighted by Gasteiger charge is 2.28. The molecule has 1 atom stereocenters. The van der Waals surface area contributed by atoms with Crippen molar-refractivity contribution in [1.29, 1.82) is 0 Å². The van der Waals surface area contributed by atoms with Crippen LogP contribution in [0.1, 0.15) is 36.5 Å². The van der Waals surface area contributed by atoms with Crippen molar-refractivity contribution in [2.45, 2.75) is 26.2 Å². The largest absolute Gasteiger partial charge is 0.293 e. The van der Waals surface area contributed by atoms with Gasteiger partial charge in [-0.1, -0.05) is 41.2 Å². The van der Waals surface area contributed by atoms with Crippen LogP contribution in [0.15, 0.2) is 47.6 Å². The van der Waals surface area contributed by atoms with Crippen molar-refractivity contribution in [3.05, 3.63) is 63.1 Å². The molecule has 2 N–H and O–H groups in total. The second-order valence-electron chi connectivity index (χ2n) is 7.31. The number of piperidine rings is 1. The van der Waals surface area contributed by atoms with Gasteiger partial charge in [0.25, 0.3) is 5.91 Å².